The van der Waals surface area contributed by atoms with E-state index in [0.29, 0.717) is 18.0 Å². The fourth-order valence-electron chi connectivity index (χ4n) is 2.53. The first kappa shape index (κ1) is 15.6. The quantitative estimate of drug-likeness (QED) is 0.864. The van der Waals surface area contributed by atoms with Crippen LogP contribution in [-0.4, -0.2) is 44.2 Å². The van der Waals surface area contributed by atoms with Crippen molar-refractivity contribution in [1.29, 1.82) is 0 Å². The van der Waals surface area contributed by atoms with Gasteiger partial charge in [0, 0.05) is 13.1 Å². The summed E-state index contributed by atoms with van der Waals surface area (Å²) >= 11 is 0. The van der Waals surface area contributed by atoms with Gasteiger partial charge in [-0.1, -0.05) is 6.07 Å². The molecule has 1 aliphatic rings. The zero-order valence-corrected chi connectivity index (χ0v) is 12.6. The molecule has 1 saturated heterocycles. The molecule has 1 heterocycles. The molecule has 1 aliphatic heterocycles. The highest BCUT2D eigenvalue weighted by atomic mass is 16.5. The highest BCUT2D eigenvalue weighted by Crippen LogP contribution is 2.28. The van der Waals surface area contributed by atoms with Gasteiger partial charge >= 0.3 is 0 Å². The predicted octanol–water partition coefficient (Wildman–Crippen LogP) is 1.59. The molecule has 1 amide bonds. The molecule has 2 rings (SSSR count). The number of benzene rings is 1. The lowest BCUT2D eigenvalue weighted by Crippen LogP contribution is -2.38. The second-order valence-corrected chi connectivity index (χ2v) is 5.25. The smallest absolute Gasteiger partial charge is 0.260 e. The topological polar surface area (TPSA) is 64.8 Å². The number of nitrogens with two attached hydrogens (primary N) is 1. The van der Waals surface area contributed by atoms with Gasteiger partial charge in [-0.05, 0) is 49.9 Å². The Morgan fingerprint density at radius 3 is 2.67 bits per heavy atom. The zero-order valence-electron chi connectivity index (χ0n) is 12.6. The summed E-state index contributed by atoms with van der Waals surface area (Å²) < 4.78 is 10.9. The second kappa shape index (κ2) is 7.88. The standard InChI is InChI=1S/C16H24N2O3/c1-20-14-6-5-13(7-8-17)11-15(14)21-12-16(19)18-9-3-2-4-10-18/h5-6,11H,2-4,7-10,12,17H2,1H3. The Hall–Kier alpha value is -1.75. The number of rotatable bonds is 6. The average molecular weight is 292 g/mol. The SMILES string of the molecule is COc1ccc(CCN)cc1OCC(=O)N1CCCCC1. The third kappa shape index (κ3) is 4.36. The summed E-state index contributed by atoms with van der Waals surface area (Å²) in [4.78, 5) is 14.0. The largest absolute Gasteiger partial charge is 0.493 e. The maximum absolute atomic E-state index is 12.1. The van der Waals surface area contributed by atoms with Crippen molar-refractivity contribution in [1.82, 2.24) is 4.90 Å². The van der Waals surface area contributed by atoms with Gasteiger partial charge in [0.1, 0.15) is 0 Å². The Morgan fingerprint density at radius 2 is 2.00 bits per heavy atom. The number of carbonyl (C=O) groups is 1. The Labute approximate surface area is 126 Å². The predicted molar refractivity (Wildman–Crippen MR) is 81.7 cm³/mol. The summed E-state index contributed by atoms with van der Waals surface area (Å²) in [7, 11) is 1.59. The number of piperidine rings is 1. The van der Waals surface area contributed by atoms with Crippen molar-refractivity contribution < 1.29 is 14.3 Å². The molecule has 0 bridgehead atoms. The van der Waals surface area contributed by atoms with Crippen molar-refractivity contribution in [2.24, 2.45) is 5.73 Å². The Bertz CT molecular complexity index is 471. The number of methoxy groups -OCH3 is 1. The number of hydrogen-bond acceptors (Lipinski definition) is 4. The molecular weight excluding hydrogens is 268 g/mol. The van der Waals surface area contributed by atoms with Gasteiger partial charge in [0.05, 0.1) is 7.11 Å². The van der Waals surface area contributed by atoms with Crippen molar-refractivity contribution in [3.63, 3.8) is 0 Å². The Kier molecular flexibility index (Phi) is 5.87. The maximum Gasteiger partial charge on any atom is 0.260 e. The van der Waals surface area contributed by atoms with Gasteiger partial charge < -0.3 is 20.1 Å². The molecule has 5 nitrogen and oxygen atoms in total. The summed E-state index contributed by atoms with van der Waals surface area (Å²) in [5.74, 6) is 1.29. The lowest BCUT2D eigenvalue weighted by Gasteiger charge is -2.26. The first-order valence-electron chi connectivity index (χ1n) is 7.52. The van der Waals surface area contributed by atoms with Crippen molar-refractivity contribution >= 4 is 5.91 Å². The zero-order chi connectivity index (χ0) is 15.1. The minimum Gasteiger partial charge on any atom is -0.493 e. The Balaban J connectivity index is 1.97. The van der Waals surface area contributed by atoms with E-state index in [2.05, 4.69) is 0 Å². The fraction of sp³-hybridized carbons (Fsp3) is 0.562. The number of hydrogen-bond donors (Lipinski definition) is 1. The van der Waals surface area contributed by atoms with Crippen molar-refractivity contribution in [3.8, 4) is 11.5 Å². The van der Waals surface area contributed by atoms with E-state index in [0.717, 1.165) is 37.9 Å². The summed E-state index contributed by atoms with van der Waals surface area (Å²) in [6.45, 7) is 2.32. The number of amides is 1. The van der Waals surface area contributed by atoms with E-state index >= 15 is 0 Å². The lowest BCUT2D eigenvalue weighted by atomic mass is 10.1. The molecule has 0 aliphatic carbocycles. The van der Waals surface area contributed by atoms with Crippen molar-refractivity contribution in [3.05, 3.63) is 23.8 Å². The lowest BCUT2D eigenvalue weighted by molar-refractivity contribution is -0.134. The van der Waals surface area contributed by atoms with Crippen LogP contribution in [0.3, 0.4) is 0 Å². The molecule has 116 valence electrons. The summed E-state index contributed by atoms with van der Waals surface area (Å²) in [5, 5.41) is 0. The summed E-state index contributed by atoms with van der Waals surface area (Å²) in [6.07, 6.45) is 4.15. The molecule has 2 N–H and O–H groups in total. The van der Waals surface area contributed by atoms with Crippen LogP contribution in [0.4, 0.5) is 0 Å². The van der Waals surface area contributed by atoms with E-state index in [1.54, 1.807) is 7.11 Å². The van der Waals surface area contributed by atoms with Gasteiger partial charge in [0.25, 0.3) is 5.91 Å². The molecule has 5 heteroatoms. The molecule has 1 fully saturated rings. The first-order chi connectivity index (χ1) is 10.2. The molecule has 0 unspecified atom stereocenters. The van der Waals surface area contributed by atoms with E-state index in [1.807, 2.05) is 23.1 Å². The van der Waals surface area contributed by atoms with Crippen LogP contribution in [-0.2, 0) is 11.2 Å². The molecule has 0 atom stereocenters. The number of ether oxygens (including phenoxy) is 2. The van der Waals surface area contributed by atoms with Crippen LogP contribution < -0.4 is 15.2 Å². The minimum atomic E-state index is 0.0426. The minimum absolute atomic E-state index is 0.0426. The molecule has 1 aromatic carbocycles. The molecule has 0 aromatic heterocycles. The van der Waals surface area contributed by atoms with Gasteiger partial charge in [-0.3, -0.25) is 4.79 Å². The van der Waals surface area contributed by atoms with Gasteiger partial charge in [-0.25, -0.2) is 0 Å². The fourth-order valence-corrected chi connectivity index (χ4v) is 2.53. The van der Waals surface area contributed by atoms with Gasteiger partial charge in [-0.2, -0.15) is 0 Å². The molecule has 0 saturated carbocycles. The highest BCUT2D eigenvalue weighted by molar-refractivity contribution is 5.78. The molecular formula is C16H24N2O3. The van der Waals surface area contributed by atoms with E-state index in [1.165, 1.54) is 6.42 Å². The second-order valence-electron chi connectivity index (χ2n) is 5.25. The number of likely N-dealkylation sites (tertiary alicyclic amines) is 1. The number of carbonyl (C=O) groups excluding carboxylic acids is 1. The molecule has 21 heavy (non-hydrogen) atoms. The van der Waals surface area contributed by atoms with Crippen molar-refractivity contribution in [2.45, 2.75) is 25.7 Å². The van der Waals surface area contributed by atoms with Gasteiger partial charge in [-0.15, -0.1) is 0 Å². The number of nitrogens with zero attached hydrogens (tertiary/aromatic N) is 1. The molecule has 0 radical (unpaired) electrons. The first-order valence-corrected chi connectivity index (χ1v) is 7.52. The summed E-state index contributed by atoms with van der Waals surface area (Å²) in [5.41, 5.74) is 6.65. The third-order valence-corrected chi connectivity index (χ3v) is 3.72. The maximum atomic E-state index is 12.1. The highest BCUT2D eigenvalue weighted by Gasteiger charge is 2.17. The third-order valence-electron chi connectivity index (χ3n) is 3.72. The van der Waals surface area contributed by atoms with Crippen LogP contribution in [0.15, 0.2) is 18.2 Å². The van der Waals surface area contributed by atoms with E-state index in [9.17, 15) is 4.79 Å². The van der Waals surface area contributed by atoms with Crippen molar-refractivity contribution in [2.75, 3.05) is 33.4 Å². The van der Waals surface area contributed by atoms with Crippen LogP contribution in [0, 0.1) is 0 Å². The van der Waals surface area contributed by atoms with E-state index in [-0.39, 0.29) is 12.5 Å². The monoisotopic (exact) mass is 292 g/mol. The average Bonchev–Trinajstić information content (AvgIpc) is 2.54. The van der Waals surface area contributed by atoms with E-state index in [4.69, 9.17) is 15.2 Å². The Morgan fingerprint density at radius 1 is 1.24 bits per heavy atom. The van der Waals surface area contributed by atoms with Gasteiger partial charge in [0.15, 0.2) is 18.1 Å². The van der Waals surface area contributed by atoms with Crippen LogP contribution in [0.25, 0.3) is 0 Å². The molecule has 1 aromatic rings. The normalized spacial score (nSPS) is 14.9. The van der Waals surface area contributed by atoms with Crippen LogP contribution in [0.2, 0.25) is 0 Å². The van der Waals surface area contributed by atoms with Gasteiger partial charge in [0.2, 0.25) is 0 Å². The van der Waals surface area contributed by atoms with Crippen LogP contribution in [0.5, 0.6) is 11.5 Å². The van der Waals surface area contributed by atoms with Crippen LogP contribution in [0.1, 0.15) is 24.8 Å². The molecule has 0 spiro atoms. The summed E-state index contributed by atoms with van der Waals surface area (Å²) in [6, 6.07) is 5.71. The van der Waals surface area contributed by atoms with Crippen LogP contribution >= 0.6 is 0 Å². The van der Waals surface area contributed by atoms with E-state index < -0.39 is 0 Å².